The summed E-state index contributed by atoms with van der Waals surface area (Å²) in [6.07, 6.45) is 1.08. The smallest absolute Gasteiger partial charge is 0.282 e. The summed E-state index contributed by atoms with van der Waals surface area (Å²) in [4.78, 5) is 0. The lowest BCUT2D eigenvalue weighted by Gasteiger charge is -2.37. The lowest BCUT2D eigenvalue weighted by atomic mass is 9.94. The first-order valence-electron chi connectivity index (χ1n) is 8.54. The molecule has 1 aromatic rings. The minimum atomic E-state index is -3.46. The maximum atomic E-state index is 13.0. The van der Waals surface area contributed by atoms with Crippen LogP contribution in [0, 0.1) is 11.8 Å². The van der Waals surface area contributed by atoms with Crippen LogP contribution in [0.15, 0.2) is 18.2 Å². The Morgan fingerprint density at radius 2 is 1.83 bits per heavy atom. The maximum Gasteiger partial charge on any atom is 0.282 e. The predicted molar refractivity (Wildman–Crippen MR) is 92.1 cm³/mol. The number of fused-ring (bicyclic) bond motifs is 1. The molecular formula is C17H26N2O4S. The van der Waals surface area contributed by atoms with Gasteiger partial charge in [-0.1, -0.05) is 26.8 Å². The summed E-state index contributed by atoms with van der Waals surface area (Å²) in [6.45, 7) is 8.32. The average Bonchev–Trinajstić information content (AvgIpc) is 2.99. The molecule has 0 saturated carbocycles. The van der Waals surface area contributed by atoms with Crippen molar-refractivity contribution in [3.05, 3.63) is 23.8 Å². The summed E-state index contributed by atoms with van der Waals surface area (Å²) in [7, 11) is -3.46. The molecule has 1 saturated heterocycles. The van der Waals surface area contributed by atoms with E-state index in [2.05, 4.69) is 13.8 Å². The van der Waals surface area contributed by atoms with Crippen molar-refractivity contribution in [3.8, 4) is 11.5 Å². The Morgan fingerprint density at radius 3 is 2.50 bits per heavy atom. The molecule has 2 heterocycles. The zero-order valence-electron chi connectivity index (χ0n) is 14.6. The summed E-state index contributed by atoms with van der Waals surface area (Å²) >= 11 is 0. The SMILES string of the molecule is CCN(Cc1ccc2c(c1)OCO2)S(=O)(=O)N1CC(C)CC(C)C1. The minimum Gasteiger partial charge on any atom is -0.454 e. The van der Waals surface area contributed by atoms with Crippen LogP contribution in [0.3, 0.4) is 0 Å². The van der Waals surface area contributed by atoms with Crippen molar-refractivity contribution in [3.63, 3.8) is 0 Å². The van der Waals surface area contributed by atoms with E-state index in [1.807, 2.05) is 25.1 Å². The molecule has 134 valence electrons. The second-order valence-electron chi connectivity index (χ2n) is 6.88. The molecule has 0 radical (unpaired) electrons. The van der Waals surface area contributed by atoms with Crippen LogP contribution >= 0.6 is 0 Å². The Balaban J connectivity index is 1.77. The van der Waals surface area contributed by atoms with Crippen molar-refractivity contribution in [1.82, 2.24) is 8.61 Å². The highest BCUT2D eigenvalue weighted by atomic mass is 32.2. The summed E-state index contributed by atoms with van der Waals surface area (Å²) in [5, 5.41) is 0. The molecule has 1 aromatic carbocycles. The van der Waals surface area contributed by atoms with Gasteiger partial charge in [-0.05, 0) is 36.0 Å². The maximum absolute atomic E-state index is 13.0. The third kappa shape index (κ3) is 3.53. The van der Waals surface area contributed by atoms with Gasteiger partial charge in [0.15, 0.2) is 11.5 Å². The van der Waals surface area contributed by atoms with Crippen molar-refractivity contribution in [2.24, 2.45) is 11.8 Å². The highest BCUT2D eigenvalue weighted by Gasteiger charge is 2.34. The van der Waals surface area contributed by atoms with E-state index in [9.17, 15) is 8.42 Å². The van der Waals surface area contributed by atoms with Gasteiger partial charge in [0.1, 0.15) is 0 Å². The van der Waals surface area contributed by atoms with E-state index < -0.39 is 10.2 Å². The predicted octanol–water partition coefficient (Wildman–Crippen LogP) is 2.46. The molecule has 0 bridgehead atoms. The van der Waals surface area contributed by atoms with Gasteiger partial charge in [-0.15, -0.1) is 0 Å². The summed E-state index contributed by atoms with van der Waals surface area (Å²) in [5.74, 6) is 2.19. The van der Waals surface area contributed by atoms with Crippen LogP contribution in [-0.4, -0.2) is 43.5 Å². The van der Waals surface area contributed by atoms with E-state index in [1.165, 1.54) is 4.31 Å². The number of rotatable bonds is 5. The van der Waals surface area contributed by atoms with E-state index in [1.54, 1.807) is 4.31 Å². The quantitative estimate of drug-likeness (QED) is 0.815. The molecule has 3 rings (SSSR count). The standard InChI is InChI=1S/C17H26N2O4S/c1-4-18(11-15-5-6-16-17(8-15)23-12-22-16)24(20,21)19-9-13(2)7-14(3)10-19/h5-6,8,13-14H,4,7,9-12H2,1-3H3. The Morgan fingerprint density at radius 1 is 1.17 bits per heavy atom. The van der Waals surface area contributed by atoms with Gasteiger partial charge in [0, 0.05) is 26.2 Å². The number of ether oxygens (including phenoxy) is 2. The van der Waals surface area contributed by atoms with E-state index in [-0.39, 0.29) is 6.79 Å². The summed E-state index contributed by atoms with van der Waals surface area (Å²) in [6, 6.07) is 5.60. The van der Waals surface area contributed by atoms with Crippen molar-refractivity contribution in [1.29, 1.82) is 0 Å². The van der Waals surface area contributed by atoms with E-state index in [4.69, 9.17) is 9.47 Å². The Bertz CT molecular complexity index is 682. The molecule has 1 fully saturated rings. The summed E-state index contributed by atoms with van der Waals surface area (Å²) in [5.41, 5.74) is 0.905. The van der Waals surface area contributed by atoms with Crippen LogP contribution in [0.1, 0.15) is 32.8 Å². The molecule has 0 aromatic heterocycles. The molecule has 2 aliphatic rings. The monoisotopic (exact) mass is 354 g/mol. The van der Waals surface area contributed by atoms with Gasteiger partial charge in [0.2, 0.25) is 6.79 Å². The van der Waals surface area contributed by atoms with Gasteiger partial charge in [-0.25, -0.2) is 0 Å². The second-order valence-corrected chi connectivity index (χ2v) is 8.81. The van der Waals surface area contributed by atoms with Gasteiger partial charge in [0.25, 0.3) is 10.2 Å². The van der Waals surface area contributed by atoms with Crippen LogP contribution in [0.5, 0.6) is 11.5 Å². The first-order valence-corrected chi connectivity index (χ1v) is 9.93. The second kappa shape index (κ2) is 6.90. The first-order chi connectivity index (χ1) is 11.4. The average molecular weight is 354 g/mol. The van der Waals surface area contributed by atoms with E-state index in [0.29, 0.717) is 49.5 Å². The minimum absolute atomic E-state index is 0.220. The molecule has 2 unspecified atom stereocenters. The van der Waals surface area contributed by atoms with Crippen LogP contribution in [0.2, 0.25) is 0 Å². The third-order valence-electron chi connectivity index (χ3n) is 4.64. The molecule has 2 aliphatic heterocycles. The van der Waals surface area contributed by atoms with Gasteiger partial charge < -0.3 is 9.47 Å². The largest absolute Gasteiger partial charge is 0.454 e. The summed E-state index contributed by atoms with van der Waals surface area (Å²) < 4.78 is 40.0. The molecule has 0 aliphatic carbocycles. The van der Waals surface area contributed by atoms with E-state index >= 15 is 0 Å². The topological polar surface area (TPSA) is 59.1 Å². The molecule has 2 atom stereocenters. The van der Waals surface area contributed by atoms with Crippen LogP contribution in [-0.2, 0) is 16.8 Å². The lowest BCUT2D eigenvalue weighted by Crippen LogP contribution is -2.49. The van der Waals surface area contributed by atoms with Crippen LogP contribution in [0.25, 0.3) is 0 Å². The van der Waals surface area contributed by atoms with Crippen LogP contribution < -0.4 is 9.47 Å². The van der Waals surface area contributed by atoms with Crippen molar-refractivity contribution in [2.75, 3.05) is 26.4 Å². The van der Waals surface area contributed by atoms with Crippen molar-refractivity contribution >= 4 is 10.2 Å². The van der Waals surface area contributed by atoms with Crippen LogP contribution in [0.4, 0.5) is 0 Å². The highest BCUT2D eigenvalue weighted by molar-refractivity contribution is 7.86. The normalized spacial score (nSPS) is 24.5. The number of nitrogens with zero attached hydrogens (tertiary/aromatic N) is 2. The van der Waals surface area contributed by atoms with Gasteiger partial charge in [0.05, 0.1) is 0 Å². The zero-order valence-corrected chi connectivity index (χ0v) is 15.4. The van der Waals surface area contributed by atoms with Gasteiger partial charge in [-0.3, -0.25) is 0 Å². The highest BCUT2D eigenvalue weighted by Crippen LogP contribution is 2.33. The molecule has 6 nitrogen and oxygen atoms in total. The number of hydrogen-bond donors (Lipinski definition) is 0. The fourth-order valence-electron chi connectivity index (χ4n) is 3.56. The molecular weight excluding hydrogens is 328 g/mol. The molecule has 24 heavy (non-hydrogen) atoms. The third-order valence-corrected chi connectivity index (χ3v) is 6.63. The molecule has 0 amide bonds. The van der Waals surface area contributed by atoms with Crippen molar-refractivity contribution in [2.45, 2.75) is 33.7 Å². The lowest BCUT2D eigenvalue weighted by molar-refractivity contribution is 0.174. The number of piperidine rings is 1. The molecule has 7 heteroatoms. The fraction of sp³-hybridized carbons (Fsp3) is 0.647. The van der Waals surface area contributed by atoms with Gasteiger partial charge in [-0.2, -0.15) is 17.0 Å². The molecule has 0 N–H and O–H groups in total. The fourth-order valence-corrected chi connectivity index (χ4v) is 5.41. The Labute approximate surface area is 144 Å². The zero-order chi connectivity index (χ0) is 17.3. The number of benzene rings is 1. The number of hydrogen-bond acceptors (Lipinski definition) is 4. The molecule has 0 spiro atoms. The van der Waals surface area contributed by atoms with Gasteiger partial charge >= 0.3 is 0 Å². The Hall–Kier alpha value is -1.31. The van der Waals surface area contributed by atoms with E-state index in [0.717, 1.165) is 12.0 Å². The first kappa shape index (κ1) is 17.5. The Kier molecular flexibility index (Phi) is 5.03. The van der Waals surface area contributed by atoms with Crippen molar-refractivity contribution < 1.29 is 17.9 Å².